The molecule has 0 saturated heterocycles. The first-order valence-corrected chi connectivity index (χ1v) is 15.7. The highest BCUT2D eigenvalue weighted by Gasteiger charge is 2.29. The van der Waals surface area contributed by atoms with E-state index in [0.717, 1.165) is 29.5 Å². The predicted octanol–water partition coefficient (Wildman–Crippen LogP) is 9.78. The van der Waals surface area contributed by atoms with E-state index in [1.54, 1.807) is 61.5 Å². The number of ketones is 1. The van der Waals surface area contributed by atoms with Crippen molar-refractivity contribution in [3.63, 3.8) is 0 Å². The lowest BCUT2D eigenvalue weighted by Crippen LogP contribution is -2.18. The first-order chi connectivity index (χ1) is 21.1. The number of alkyl halides is 3. The van der Waals surface area contributed by atoms with Crippen LogP contribution in [0.4, 0.5) is 18.9 Å². The van der Waals surface area contributed by atoms with Crippen molar-refractivity contribution in [3.8, 4) is 11.5 Å². The summed E-state index contributed by atoms with van der Waals surface area (Å²) in [6.45, 7) is 9.56. The highest BCUT2D eigenvalue weighted by molar-refractivity contribution is 8.00. The van der Waals surface area contributed by atoms with Gasteiger partial charge in [0.1, 0.15) is 17.5 Å². The average molecular weight is 668 g/mol. The fraction of sp³-hybridized carbons (Fsp3) is 0.412. The van der Waals surface area contributed by atoms with Crippen molar-refractivity contribution in [2.75, 3.05) is 19.0 Å². The molecule has 0 radical (unpaired) electrons. The number of methoxy groups -OCH3 is 1. The number of anilines is 1. The van der Waals surface area contributed by atoms with Crippen molar-refractivity contribution in [1.82, 2.24) is 0 Å². The number of carbonyl (C=O) groups is 2. The second-order valence-electron chi connectivity index (χ2n) is 11.1. The Labute approximate surface area is 272 Å². The summed E-state index contributed by atoms with van der Waals surface area (Å²) in [5.41, 5.74) is -0.676. The van der Waals surface area contributed by atoms with Crippen LogP contribution >= 0.6 is 23.4 Å². The topological polar surface area (TPSA) is 84.9 Å². The summed E-state index contributed by atoms with van der Waals surface area (Å²) in [5.74, 6) is 0.295. The van der Waals surface area contributed by atoms with Gasteiger partial charge in [0, 0.05) is 33.8 Å². The number of ether oxygens (including phenoxy) is 2. The van der Waals surface area contributed by atoms with E-state index >= 15 is 0 Å². The minimum absolute atomic E-state index is 0.0520. The number of carboxylic acids is 1. The molecular formula is C34H41ClF3NO5S. The molecule has 6 nitrogen and oxygen atoms in total. The van der Waals surface area contributed by atoms with E-state index in [9.17, 15) is 22.8 Å². The Bertz CT molecular complexity index is 1400. The number of carboxylic acid groups (broad SMARTS) is 1. The Morgan fingerprint density at radius 3 is 2.16 bits per heavy atom. The number of hydrogen-bond acceptors (Lipinski definition) is 6. The lowest BCUT2D eigenvalue weighted by molar-refractivity contribution is -0.141. The molecule has 2 atom stereocenters. The van der Waals surface area contributed by atoms with Crippen LogP contribution in [0.1, 0.15) is 63.3 Å². The average Bonchev–Trinajstić information content (AvgIpc) is 2.95. The summed E-state index contributed by atoms with van der Waals surface area (Å²) >= 11 is 5.88. The zero-order valence-electron chi connectivity index (χ0n) is 26.3. The van der Waals surface area contributed by atoms with Crippen LogP contribution in [0.25, 0.3) is 0 Å². The molecule has 11 heteroatoms. The molecule has 0 bridgehead atoms. The Kier molecular flexibility index (Phi) is 15.1. The summed E-state index contributed by atoms with van der Waals surface area (Å²) < 4.78 is 47.6. The Morgan fingerprint density at radius 1 is 0.978 bits per heavy atom. The number of carbonyl (C=O) groups excluding carboxylic acids is 1. The molecule has 0 aromatic heterocycles. The number of aliphatic carboxylic acids is 1. The van der Waals surface area contributed by atoms with Crippen LogP contribution in [0, 0.1) is 18.8 Å². The molecule has 0 saturated carbocycles. The van der Waals surface area contributed by atoms with E-state index in [4.69, 9.17) is 26.2 Å². The van der Waals surface area contributed by atoms with E-state index in [1.165, 1.54) is 14.0 Å². The number of benzene rings is 3. The second kappa shape index (κ2) is 17.9. The molecular weight excluding hydrogens is 627 g/mol. The maximum Gasteiger partial charge on any atom is 0.446 e. The van der Waals surface area contributed by atoms with Gasteiger partial charge in [0.2, 0.25) is 0 Å². The molecule has 2 unspecified atom stereocenters. The van der Waals surface area contributed by atoms with Crippen molar-refractivity contribution < 1.29 is 37.3 Å². The van der Waals surface area contributed by atoms with Gasteiger partial charge in [0.25, 0.3) is 0 Å². The molecule has 2 N–H and O–H groups in total. The van der Waals surface area contributed by atoms with Gasteiger partial charge in [-0.2, -0.15) is 13.2 Å². The van der Waals surface area contributed by atoms with Crippen LogP contribution in [0.2, 0.25) is 5.02 Å². The zero-order valence-corrected chi connectivity index (χ0v) is 27.9. The number of aryl methyl sites for hydroxylation is 2. The number of thioether (sulfide) groups is 1. The predicted molar refractivity (Wildman–Crippen MR) is 175 cm³/mol. The maximum absolute atomic E-state index is 12.2. The molecule has 3 rings (SSSR count). The SMILES string of the molecule is COc1cc(NC(C(C)=O)c2ccc(Cl)cc2)cc(OCCC(C)C(=O)O)c1.Cc1cc(SC(F)(F)F)ccc1CCC(C)C. The number of nitrogens with one attached hydrogen (secondary N) is 1. The van der Waals surface area contributed by atoms with Gasteiger partial charge < -0.3 is 19.9 Å². The highest BCUT2D eigenvalue weighted by atomic mass is 35.5. The van der Waals surface area contributed by atoms with Gasteiger partial charge >= 0.3 is 11.5 Å². The highest BCUT2D eigenvalue weighted by Crippen LogP contribution is 2.37. The summed E-state index contributed by atoms with van der Waals surface area (Å²) in [7, 11) is 1.54. The standard InChI is InChI=1S/C21H24ClNO5.C13H17F3S/c1-13(21(25)26)8-9-28-19-11-17(10-18(12-19)27-3)23-20(14(2)24)15-4-6-16(22)7-5-15;1-9(2)4-5-11-6-7-12(8-10(11)3)17-13(14,15)16/h4-7,10-13,20,23H,8-9H2,1-3H3,(H,25,26);6-9H,4-5H2,1-3H3. The third-order valence-electron chi connectivity index (χ3n) is 6.82. The Balaban J connectivity index is 0.000000355. The van der Waals surface area contributed by atoms with Crippen molar-refractivity contribution in [1.29, 1.82) is 0 Å². The second-order valence-corrected chi connectivity index (χ2v) is 12.7. The molecule has 3 aromatic carbocycles. The normalized spacial score (nSPS) is 12.5. The lowest BCUT2D eigenvalue weighted by atomic mass is 9.99. The summed E-state index contributed by atoms with van der Waals surface area (Å²) in [6, 6.07) is 16.7. The van der Waals surface area contributed by atoms with Crippen molar-refractivity contribution in [2.24, 2.45) is 11.8 Å². The fourth-order valence-corrected chi connectivity index (χ4v) is 4.93. The third kappa shape index (κ3) is 14.1. The quantitative estimate of drug-likeness (QED) is 0.166. The van der Waals surface area contributed by atoms with Crippen LogP contribution < -0.4 is 14.8 Å². The molecule has 45 heavy (non-hydrogen) atoms. The van der Waals surface area contributed by atoms with E-state index in [1.807, 2.05) is 13.0 Å². The van der Waals surface area contributed by atoms with Gasteiger partial charge in [0.05, 0.1) is 19.6 Å². The molecule has 0 spiro atoms. The van der Waals surface area contributed by atoms with Crippen LogP contribution in [-0.4, -0.2) is 36.1 Å². The van der Waals surface area contributed by atoms with Gasteiger partial charge in [-0.3, -0.25) is 9.59 Å². The van der Waals surface area contributed by atoms with Gasteiger partial charge in [-0.05, 0) is 91.7 Å². The van der Waals surface area contributed by atoms with Crippen molar-refractivity contribution in [3.05, 3.63) is 82.4 Å². The Hall–Kier alpha value is -3.37. The minimum Gasteiger partial charge on any atom is -0.497 e. The summed E-state index contributed by atoms with van der Waals surface area (Å²) in [4.78, 5) is 23.3. The minimum atomic E-state index is -4.20. The molecule has 0 aliphatic rings. The van der Waals surface area contributed by atoms with Crippen molar-refractivity contribution in [2.45, 2.75) is 70.3 Å². The van der Waals surface area contributed by atoms with Crippen LogP contribution in [-0.2, 0) is 16.0 Å². The smallest absolute Gasteiger partial charge is 0.446 e. The van der Waals surface area contributed by atoms with E-state index in [0.29, 0.717) is 34.5 Å². The van der Waals surface area contributed by atoms with E-state index in [-0.39, 0.29) is 29.0 Å². The Morgan fingerprint density at radius 2 is 1.62 bits per heavy atom. The van der Waals surface area contributed by atoms with Gasteiger partial charge in [0.15, 0.2) is 5.78 Å². The number of Topliss-reactive ketones (excluding diaryl/α,β-unsaturated/α-hetero) is 1. The molecule has 0 fully saturated rings. The first kappa shape index (κ1) is 37.8. The molecule has 3 aromatic rings. The largest absolute Gasteiger partial charge is 0.497 e. The van der Waals surface area contributed by atoms with E-state index < -0.39 is 23.4 Å². The van der Waals surface area contributed by atoms with Crippen molar-refractivity contribution >= 4 is 40.8 Å². The molecule has 0 amide bonds. The van der Waals surface area contributed by atoms with Crippen LogP contribution in [0.5, 0.6) is 11.5 Å². The summed E-state index contributed by atoms with van der Waals surface area (Å²) in [6.07, 6.45) is 2.38. The fourth-order valence-electron chi connectivity index (χ4n) is 4.17. The van der Waals surface area contributed by atoms with E-state index in [2.05, 4.69) is 19.2 Å². The maximum atomic E-state index is 12.2. The van der Waals surface area contributed by atoms with Crippen LogP contribution in [0.15, 0.2) is 65.6 Å². The molecule has 0 heterocycles. The number of hydrogen-bond donors (Lipinski definition) is 2. The number of rotatable bonds is 14. The van der Waals surface area contributed by atoms with Gasteiger partial charge in [-0.1, -0.05) is 50.6 Å². The van der Waals surface area contributed by atoms with Gasteiger partial charge in [-0.25, -0.2) is 0 Å². The number of halogens is 4. The third-order valence-corrected chi connectivity index (χ3v) is 7.79. The lowest BCUT2D eigenvalue weighted by Gasteiger charge is -2.19. The first-order valence-electron chi connectivity index (χ1n) is 14.5. The molecule has 0 aliphatic carbocycles. The monoisotopic (exact) mass is 667 g/mol. The molecule has 246 valence electrons. The molecule has 0 aliphatic heterocycles. The van der Waals surface area contributed by atoms with Crippen LogP contribution in [0.3, 0.4) is 0 Å². The zero-order chi connectivity index (χ0) is 33.7. The summed E-state index contributed by atoms with van der Waals surface area (Å²) in [5, 5.41) is 12.8. The van der Waals surface area contributed by atoms with Gasteiger partial charge in [-0.15, -0.1) is 0 Å².